The molecule has 0 saturated heterocycles. The van der Waals surface area contributed by atoms with Gasteiger partial charge in [-0.2, -0.15) is 0 Å². The predicted molar refractivity (Wildman–Crippen MR) is 74.3 cm³/mol. The quantitative estimate of drug-likeness (QED) is 0.716. The van der Waals surface area contributed by atoms with Gasteiger partial charge < -0.3 is 10.2 Å². The minimum Gasteiger partial charge on any atom is -0.315 e. The number of likely N-dealkylation sites (N-methyl/N-ethyl adjacent to an activating group) is 1. The van der Waals surface area contributed by atoms with Gasteiger partial charge in [0.2, 0.25) is 0 Å². The molecule has 0 spiro atoms. The smallest absolute Gasteiger partial charge is 0.0107 e. The van der Waals surface area contributed by atoms with E-state index in [9.17, 15) is 0 Å². The molecule has 0 heterocycles. The minimum atomic E-state index is 0.881. The lowest BCUT2D eigenvalue weighted by molar-refractivity contribution is 0.241. The summed E-state index contributed by atoms with van der Waals surface area (Å²) in [5.41, 5.74) is 0. The van der Waals surface area contributed by atoms with E-state index in [0.29, 0.717) is 0 Å². The molecule has 100 valence electrons. The van der Waals surface area contributed by atoms with Crippen molar-refractivity contribution in [1.29, 1.82) is 0 Å². The molecule has 2 aliphatic carbocycles. The maximum atomic E-state index is 3.67. The highest BCUT2D eigenvalue weighted by molar-refractivity contribution is 4.75. The molecule has 2 fully saturated rings. The number of nitrogens with zero attached hydrogens (tertiary/aromatic N) is 1. The Hall–Kier alpha value is -0.0800. The Bertz CT molecular complexity index is 193. The van der Waals surface area contributed by atoms with Crippen molar-refractivity contribution in [3.63, 3.8) is 0 Å². The fourth-order valence-corrected chi connectivity index (χ4v) is 3.48. The number of rotatable bonds is 6. The number of nitrogens with one attached hydrogen (secondary N) is 1. The monoisotopic (exact) mass is 238 g/mol. The van der Waals surface area contributed by atoms with Gasteiger partial charge in [0.1, 0.15) is 0 Å². The van der Waals surface area contributed by atoms with Gasteiger partial charge in [0.15, 0.2) is 0 Å². The van der Waals surface area contributed by atoms with Crippen molar-refractivity contribution in [2.24, 2.45) is 5.92 Å². The lowest BCUT2D eigenvalue weighted by atomic mass is 9.89. The van der Waals surface area contributed by atoms with E-state index < -0.39 is 0 Å². The summed E-state index contributed by atoms with van der Waals surface area (Å²) in [6.45, 7) is 3.68. The second-order valence-electron chi connectivity index (χ2n) is 6.13. The normalized spacial score (nSPS) is 23.6. The van der Waals surface area contributed by atoms with E-state index in [1.165, 1.54) is 77.4 Å². The molecule has 0 aromatic carbocycles. The van der Waals surface area contributed by atoms with Crippen LogP contribution in [0.2, 0.25) is 0 Å². The van der Waals surface area contributed by atoms with Crippen LogP contribution in [0.3, 0.4) is 0 Å². The summed E-state index contributed by atoms with van der Waals surface area (Å²) in [7, 11) is 2.30. The molecule has 2 saturated carbocycles. The van der Waals surface area contributed by atoms with Crippen molar-refractivity contribution in [2.75, 3.05) is 26.7 Å². The second-order valence-corrected chi connectivity index (χ2v) is 6.13. The Morgan fingerprint density at radius 1 is 0.941 bits per heavy atom. The molecule has 0 aliphatic heterocycles. The Labute approximate surface area is 107 Å². The van der Waals surface area contributed by atoms with E-state index in [4.69, 9.17) is 0 Å². The van der Waals surface area contributed by atoms with Gasteiger partial charge in [-0.1, -0.05) is 32.1 Å². The van der Waals surface area contributed by atoms with Crippen molar-refractivity contribution in [3.05, 3.63) is 0 Å². The van der Waals surface area contributed by atoms with E-state index in [1.54, 1.807) is 0 Å². The van der Waals surface area contributed by atoms with Crippen LogP contribution in [0.4, 0.5) is 0 Å². The van der Waals surface area contributed by atoms with E-state index in [2.05, 4.69) is 17.3 Å². The zero-order chi connectivity index (χ0) is 11.9. The van der Waals surface area contributed by atoms with Crippen LogP contribution in [0.5, 0.6) is 0 Å². The third-order valence-corrected chi connectivity index (χ3v) is 4.75. The third-order valence-electron chi connectivity index (χ3n) is 4.75. The van der Waals surface area contributed by atoms with Crippen LogP contribution in [0.15, 0.2) is 0 Å². The molecule has 2 aliphatic rings. The largest absolute Gasteiger partial charge is 0.315 e. The molecule has 2 heteroatoms. The van der Waals surface area contributed by atoms with Crippen LogP contribution in [0.25, 0.3) is 0 Å². The SMILES string of the molecule is CN(CCNCC1CCCCC1)C1CCCC1. The highest BCUT2D eigenvalue weighted by atomic mass is 15.1. The van der Waals surface area contributed by atoms with E-state index in [-0.39, 0.29) is 0 Å². The van der Waals surface area contributed by atoms with Crippen molar-refractivity contribution < 1.29 is 0 Å². The summed E-state index contributed by atoms with van der Waals surface area (Å²) < 4.78 is 0. The fourth-order valence-electron chi connectivity index (χ4n) is 3.48. The van der Waals surface area contributed by atoms with Crippen LogP contribution in [0.1, 0.15) is 57.8 Å². The van der Waals surface area contributed by atoms with Crippen LogP contribution < -0.4 is 5.32 Å². The van der Waals surface area contributed by atoms with Crippen LogP contribution in [-0.2, 0) is 0 Å². The van der Waals surface area contributed by atoms with Gasteiger partial charge in [0, 0.05) is 19.1 Å². The highest BCUT2D eigenvalue weighted by Gasteiger charge is 2.19. The van der Waals surface area contributed by atoms with Crippen molar-refractivity contribution in [2.45, 2.75) is 63.8 Å². The van der Waals surface area contributed by atoms with Crippen LogP contribution >= 0.6 is 0 Å². The van der Waals surface area contributed by atoms with Crippen molar-refractivity contribution >= 4 is 0 Å². The van der Waals surface area contributed by atoms with Crippen molar-refractivity contribution in [1.82, 2.24) is 10.2 Å². The molecule has 0 bridgehead atoms. The first-order valence-corrected chi connectivity index (χ1v) is 7.77. The molecule has 0 atom stereocenters. The van der Waals surface area contributed by atoms with Gasteiger partial charge in [0.05, 0.1) is 0 Å². The average Bonchev–Trinajstić information content (AvgIpc) is 2.89. The number of hydrogen-bond donors (Lipinski definition) is 1. The Kier molecular flexibility index (Phi) is 5.79. The predicted octanol–water partition coefficient (Wildman–Crippen LogP) is 3.03. The lowest BCUT2D eigenvalue weighted by Gasteiger charge is -2.25. The molecule has 0 unspecified atom stereocenters. The molecule has 2 nitrogen and oxygen atoms in total. The Morgan fingerprint density at radius 3 is 2.29 bits per heavy atom. The summed E-state index contributed by atoms with van der Waals surface area (Å²) in [6, 6.07) is 0.881. The molecule has 0 aromatic rings. The first-order valence-electron chi connectivity index (χ1n) is 7.77. The highest BCUT2D eigenvalue weighted by Crippen LogP contribution is 2.23. The molecular formula is C15H30N2. The minimum absolute atomic E-state index is 0.881. The molecule has 0 amide bonds. The number of hydrogen-bond acceptors (Lipinski definition) is 2. The van der Waals surface area contributed by atoms with Crippen LogP contribution in [0, 0.1) is 5.92 Å². The first kappa shape index (κ1) is 13.4. The van der Waals surface area contributed by atoms with Crippen molar-refractivity contribution in [3.8, 4) is 0 Å². The molecule has 1 N–H and O–H groups in total. The molecule has 2 rings (SSSR count). The molecular weight excluding hydrogens is 208 g/mol. The summed E-state index contributed by atoms with van der Waals surface area (Å²) >= 11 is 0. The second kappa shape index (κ2) is 7.38. The van der Waals surface area contributed by atoms with Gasteiger partial charge in [-0.15, -0.1) is 0 Å². The first-order chi connectivity index (χ1) is 8.36. The van der Waals surface area contributed by atoms with Gasteiger partial charge >= 0.3 is 0 Å². The molecule has 0 radical (unpaired) electrons. The fraction of sp³-hybridized carbons (Fsp3) is 1.00. The van der Waals surface area contributed by atoms with Gasteiger partial charge in [0.25, 0.3) is 0 Å². The lowest BCUT2D eigenvalue weighted by Crippen LogP contribution is -2.37. The van der Waals surface area contributed by atoms with Gasteiger partial charge in [-0.05, 0) is 45.2 Å². The molecule has 17 heavy (non-hydrogen) atoms. The van der Waals surface area contributed by atoms with E-state index in [0.717, 1.165) is 12.0 Å². The Balaban J connectivity index is 1.50. The maximum absolute atomic E-state index is 3.67. The summed E-state index contributed by atoms with van der Waals surface area (Å²) in [6.07, 6.45) is 13.1. The van der Waals surface area contributed by atoms with Gasteiger partial charge in [-0.3, -0.25) is 0 Å². The zero-order valence-electron chi connectivity index (χ0n) is 11.6. The maximum Gasteiger partial charge on any atom is 0.0107 e. The Morgan fingerprint density at radius 2 is 1.59 bits per heavy atom. The topological polar surface area (TPSA) is 15.3 Å². The van der Waals surface area contributed by atoms with E-state index in [1.807, 2.05) is 0 Å². The van der Waals surface area contributed by atoms with Gasteiger partial charge in [-0.25, -0.2) is 0 Å². The summed E-state index contributed by atoms with van der Waals surface area (Å²) in [4.78, 5) is 2.57. The summed E-state index contributed by atoms with van der Waals surface area (Å²) in [5.74, 6) is 0.973. The summed E-state index contributed by atoms with van der Waals surface area (Å²) in [5, 5.41) is 3.67. The standard InChI is InChI=1S/C15H30N2/c1-17(15-9-5-6-10-15)12-11-16-13-14-7-3-2-4-8-14/h14-16H,2-13H2,1H3. The molecule has 0 aromatic heterocycles. The third kappa shape index (κ3) is 4.59. The zero-order valence-corrected chi connectivity index (χ0v) is 11.6. The average molecular weight is 238 g/mol. The van der Waals surface area contributed by atoms with Crippen LogP contribution in [-0.4, -0.2) is 37.6 Å². The van der Waals surface area contributed by atoms with E-state index >= 15 is 0 Å².